The second-order valence-corrected chi connectivity index (χ2v) is 6.37. The molecule has 0 unspecified atom stereocenters. The van der Waals surface area contributed by atoms with E-state index in [1.165, 1.54) is 27.7 Å². The summed E-state index contributed by atoms with van der Waals surface area (Å²) in [7, 11) is 0. The van der Waals surface area contributed by atoms with E-state index < -0.39 is 24.2 Å². The molecule has 0 amide bonds. The van der Waals surface area contributed by atoms with Gasteiger partial charge in [-0.15, -0.1) is 23.1 Å². The van der Waals surface area contributed by atoms with Crippen molar-refractivity contribution in [3.8, 4) is 5.69 Å². The van der Waals surface area contributed by atoms with Gasteiger partial charge in [0.2, 0.25) is 0 Å². The summed E-state index contributed by atoms with van der Waals surface area (Å²) in [5, 5.41) is 3.91. The number of imidazole rings is 1. The molecule has 122 valence electrons. The normalized spacial score (nSPS) is 13.0. The van der Waals surface area contributed by atoms with Crippen LogP contribution in [-0.4, -0.2) is 27.4 Å². The Bertz CT molecular complexity index is 652. The van der Waals surface area contributed by atoms with Crippen LogP contribution in [0, 0.1) is 0 Å². The van der Waals surface area contributed by atoms with Gasteiger partial charge in [-0.25, -0.2) is 4.79 Å². The number of aromatic nitrogens is 2. The number of thioether (sulfide) groups is 1. The van der Waals surface area contributed by atoms with Crippen LogP contribution in [0.1, 0.15) is 19.3 Å². The molecule has 0 saturated carbocycles. The first-order valence-corrected chi connectivity index (χ1v) is 8.17. The third-order valence-corrected chi connectivity index (χ3v) is 4.59. The summed E-state index contributed by atoms with van der Waals surface area (Å²) in [6.45, 7) is 0. The minimum absolute atomic E-state index is 0.180. The first kappa shape index (κ1) is 17.2. The van der Waals surface area contributed by atoms with Crippen LogP contribution in [0.25, 0.3) is 5.69 Å². The lowest BCUT2D eigenvalue weighted by Gasteiger charge is -2.19. The maximum Gasteiger partial charge on any atom is 0.453 e. The van der Waals surface area contributed by atoms with Gasteiger partial charge in [0.25, 0.3) is 0 Å². The van der Waals surface area contributed by atoms with Crippen LogP contribution >= 0.6 is 23.1 Å². The van der Waals surface area contributed by atoms with Gasteiger partial charge in [-0.2, -0.15) is 26.9 Å². The molecule has 10 heteroatoms. The average Bonchev–Trinajstić information content (AvgIpc) is 2.74. The van der Waals surface area contributed by atoms with Crippen molar-refractivity contribution >= 4 is 23.1 Å². The van der Waals surface area contributed by atoms with Gasteiger partial charge in [-0.05, 0) is 18.6 Å². The van der Waals surface area contributed by atoms with Crippen molar-refractivity contribution < 1.29 is 22.0 Å². The van der Waals surface area contributed by atoms with Gasteiger partial charge in [0.15, 0.2) is 0 Å². The average molecular weight is 358 g/mol. The fourth-order valence-electron chi connectivity index (χ4n) is 1.72. The molecule has 0 fully saturated rings. The van der Waals surface area contributed by atoms with Crippen LogP contribution in [-0.2, 0) is 0 Å². The topological polar surface area (TPSA) is 34.9 Å². The van der Waals surface area contributed by atoms with Crippen molar-refractivity contribution in [2.75, 3.05) is 5.75 Å². The Balaban J connectivity index is 1.83. The number of hydrogen-bond donors (Lipinski definition) is 0. The maximum atomic E-state index is 12.7. The monoisotopic (exact) mass is 358 g/mol. The predicted octanol–water partition coefficient (Wildman–Crippen LogP) is 4.19. The number of nitrogens with zero attached hydrogens (tertiary/aromatic N) is 2. The van der Waals surface area contributed by atoms with E-state index in [-0.39, 0.29) is 12.8 Å². The number of alkyl halides is 5. The Morgan fingerprint density at radius 3 is 2.64 bits per heavy atom. The molecule has 2 aliphatic heterocycles. The second-order valence-electron chi connectivity index (χ2n) is 4.50. The summed E-state index contributed by atoms with van der Waals surface area (Å²) in [4.78, 5) is 15.4. The Kier molecular flexibility index (Phi) is 5.10. The lowest BCUT2D eigenvalue weighted by molar-refractivity contribution is -0.284. The summed E-state index contributed by atoms with van der Waals surface area (Å²) in [6, 6.07) is 0. The molecule has 22 heavy (non-hydrogen) atoms. The minimum atomic E-state index is -5.50. The number of hydrogen-bond acceptors (Lipinski definition) is 4. The zero-order chi connectivity index (χ0) is 16.4. The lowest BCUT2D eigenvalue weighted by Crippen LogP contribution is -2.36. The molecule has 0 spiro atoms. The Hall–Kier alpha value is -1.16. The van der Waals surface area contributed by atoms with Crippen molar-refractivity contribution in [2.24, 2.45) is 0 Å². The van der Waals surface area contributed by atoms with Crippen LogP contribution in [0.3, 0.4) is 0 Å². The van der Waals surface area contributed by atoms with Crippen LogP contribution in [0.5, 0.6) is 0 Å². The first-order valence-electron chi connectivity index (χ1n) is 6.24. The van der Waals surface area contributed by atoms with E-state index in [9.17, 15) is 26.7 Å². The number of fused-ring (bicyclic) bond motifs is 1. The highest BCUT2D eigenvalue weighted by Crippen LogP contribution is 2.39. The van der Waals surface area contributed by atoms with Crippen molar-refractivity contribution in [1.29, 1.82) is 0 Å². The van der Waals surface area contributed by atoms with E-state index >= 15 is 0 Å². The number of halogens is 5. The van der Waals surface area contributed by atoms with E-state index in [1.54, 1.807) is 17.0 Å². The fraction of sp³-hybridized carbons (Fsp3) is 0.500. The third kappa shape index (κ3) is 3.78. The van der Waals surface area contributed by atoms with E-state index in [0.717, 1.165) is 0 Å². The zero-order valence-corrected chi connectivity index (χ0v) is 12.7. The van der Waals surface area contributed by atoms with E-state index in [2.05, 4.69) is 4.98 Å². The highest BCUT2D eigenvalue weighted by molar-refractivity contribution is 7.99. The van der Waals surface area contributed by atoms with Crippen LogP contribution < -0.4 is 5.69 Å². The minimum Gasteiger partial charge on any atom is -0.264 e. The van der Waals surface area contributed by atoms with Crippen LogP contribution in [0.4, 0.5) is 22.0 Å². The van der Waals surface area contributed by atoms with Crippen LogP contribution in [0.2, 0.25) is 0 Å². The van der Waals surface area contributed by atoms with Gasteiger partial charge in [0, 0.05) is 23.4 Å². The predicted molar refractivity (Wildman–Crippen MR) is 74.5 cm³/mol. The van der Waals surface area contributed by atoms with Gasteiger partial charge < -0.3 is 0 Å². The fourth-order valence-corrected chi connectivity index (χ4v) is 3.41. The molecule has 2 rings (SSSR count). The second kappa shape index (κ2) is 6.53. The molecule has 0 radical (unpaired) electrons. The molecule has 0 aliphatic carbocycles. The van der Waals surface area contributed by atoms with E-state index in [4.69, 9.17) is 0 Å². The van der Waals surface area contributed by atoms with Crippen molar-refractivity contribution in [1.82, 2.24) is 9.55 Å². The van der Waals surface area contributed by atoms with Gasteiger partial charge in [0.1, 0.15) is 5.03 Å². The zero-order valence-electron chi connectivity index (χ0n) is 11.1. The number of rotatable bonds is 6. The third-order valence-electron chi connectivity index (χ3n) is 2.89. The SMILES string of the molecule is O=c1nc(SCCCCC(F)(F)C(F)(F)F)c2csccn1-2. The highest BCUT2D eigenvalue weighted by Gasteiger charge is 2.56. The number of unbranched alkanes of at least 4 members (excludes halogenated alkanes) is 1. The van der Waals surface area contributed by atoms with Crippen LogP contribution in [0.15, 0.2) is 26.8 Å². The highest BCUT2D eigenvalue weighted by atomic mass is 32.2. The van der Waals surface area contributed by atoms with Crippen molar-refractivity contribution in [2.45, 2.75) is 36.4 Å². The van der Waals surface area contributed by atoms with Gasteiger partial charge in [0.05, 0.1) is 5.69 Å². The lowest BCUT2D eigenvalue weighted by atomic mass is 10.1. The Morgan fingerprint density at radius 2 is 1.95 bits per heavy atom. The van der Waals surface area contributed by atoms with Gasteiger partial charge in [-0.3, -0.25) is 4.57 Å². The molecule has 2 aliphatic rings. The molecule has 0 N–H and O–H groups in total. The Morgan fingerprint density at radius 1 is 1.23 bits per heavy atom. The summed E-state index contributed by atoms with van der Waals surface area (Å²) >= 11 is 2.55. The molecule has 0 bridgehead atoms. The molecule has 0 atom stereocenters. The molecule has 0 aromatic carbocycles. The van der Waals surface area contributed by atoms with Crippen molar-refractivity contribution in [3.63, 3.8) is 0 Å². The van der Waals surface area contributed by atoms with E-state index in [1.807, 2.05) is 0 Å². The molecule has 0 saturated heterocycles. The maximum absolute atomic E-state index is 12.7. The molecule has 0 aromatic rings. The summed E-state index contributed by atoms with van der Waals surface area (Å²) < 4.78 is 62.7. The molecular formula is C12H11F5N2OS2. The summed E-state index contributed by atoms with van der Waals surface area (Å²) in [5.74, 6) is -4.33. The first-order chi connectivity index (χ1) is 10.2. The summed E-state index contributed by atoms with van der Waals surface area (Å²) in [6.07, 6.45) is -5.23. The Labute approximate surface area is 130 Å². The smallest absolute Gasteiger partial charge is 0.264 e. The van der Waals surface area contributed by atoms with Crippen molar-refractivity contribution in [3.05, 3.63) is 27.4 Å². The quantitative estimate of drug-likeness (QED) is 0.441. The molecule has 3 nitrogen and oxygen atoms in total. The standard InChI is InChI=1S/C12H11F5N2OS2/c13-11(14,12(15,16)17)3-1-2-5-22-9-8-7-21-6-4-19(8)10(20)18-9/h4,6-7H,1-3,5H2. The van der Waals surface area contributed by atoms with E-state index in [0.29, 0.717) is 16.5 Å². The largest absolute Gasteiger partial charge is 0.453 e. The van der Waals surface area contributed by atoms with Gasteiger partial charge >= 0.3 is 17.8 Å². The van der Waals surface area contributed by atoms with Gasteiger partial charge in [-0.1, -0.05) is 0 Å². The molecule has 0 aromatic heterocycles. The molecule has 2 heterocycles. The molecular weight excluding hydrogens is 347 g/mol. The summed E-state index contributed by atoms with van der Waals surface area (Å²) in [5.41, 5.74) is 0.178.